The monoisotopic (exact) mass is 314 g/mol. The van der Waals surface area contributed by atoms with E-state index < -0.39 is 15.8 Å². The predicted molar refractivity (Wildman–Crippen MR) is 81.0 cm³/mol. The zero-order valence-corrected chi connectivity index (χ0v) is 13.4. The van der Waals surface area contributed by atoms with Crippen LogP contribution < -0.4 is 5.32 Å². The van der Waals surface area contributed by atoms with Gasteiger partial charge in [0, 0.05) is 25.7 Å². The predicted octanol–water partition coefficient (Wildman–Crippen LogP) is 2.50. The molecule has 0 saturated heterocycles. The molecule has 21 heavy (non-hydrogen) atoms. The van der Waals surface area contributed by atoms with Crippen LogP contribution in [0.15, 0.2) is 23.1 Å². The summed E-state index contributed by atoms with van der Waals surface area (Å²) in [7, 11) is -3.76. The van der Waals surface area contributed by atoms with E-state index >= 15 is 0 Å². The lowest BCUT2D eigenvalue weighted by Gasteiger charge is -2.20. The molecule has 0 spiro atoms. The van der Waals surface area contributed by atoms with Crippen LogP contribution in [0.4, 0.5) is 4.39 Å². The summed E-state index contributed by atoms with van der Waals surface area (Å²) >= 11 is 0. The number of nitrogens with one attached hydrogen (secondary N) is 1. The molecule has 1 saturated carbocycles. The van der Waals surface area contributed by atoms with E-state index in [9.17, 15) is 12.8 Å². The van der Waals surface area contributed by atoms with Gasteiger partial charge < -0.3 is 5.32 Å². The first-order chi connectivity index (χ1) is 9.98. The van der Waals surface area contributed by atoms with E-state index in [0.717, 1.165) is 18.4 Å². The normalized spacial score (nSPS) is 15.6. The van der Waals surface area contributed by atoms with Crippen LogP contribution in [-0.2, 0) is 16.6 Å². The highest BCUT2D eigenvalue weighted by Crippen LogP contribution is 2.23. The minimum absolute atomic E-state index is 0.215. The molecule has 0 radical (unpaired) electrons. The van der Waals surface area contributed by atoms with Gasteiger partial charge in [-0.1, -0.05) is 19.9 Å². The number of benzene rings is 1. The third kappa shape index (κ3) is 4.02. The van der Waals surface area contributed by atoms with Gasteiger partial charge >= 0.3 is 0 Å². The first-order valence-electron chi connectivity index (χ1n) is 7.51. The van der Waals surface area contributed by atoms with Gasteiger partial charge in [-0.15, -0.1) is 0 Å². The highest BCUT2D eigenvalue weighted by Gasteiger charge is 2.26. The van der Waals surface area contributed by atoms with E-state index in [-0.39, 0.29) is 4.90 Å². The Kier molecular flexibility index (Phi) is 5.35. The van der Waals surface area contributed by atoms with Crippen LogP contribution in [0, 0.1) is 5.82 Å². The van der Waals surface area contributed by atoms with Crippen LogP contribution >= 0.6 is 0 Å². The second-order valence-corrected chi connectivity index (χ2v) is 7.32. The van der Waals surface area contributed by atoms with E-state index in [1.165, 1.54) is 16.4 Å². The van der Waals surface area contributed by atoms with E-state index in [2.05, 4.69) is 5.32 Å². The number of nitrogens with zero attached hydrogens (tertiary/aromatic N) is 1. The summed E-state index contributed by atoms with van der Waals surface area (Å²) in [6, 6.07) is 4.87. The molecule has 1 aromatic rings. The molecule has 0 aliphatic heterocycles. The molecule has 118 valence electrons. The number of sulfonamides is 1. The molecule has 0 unspecified atom stereocenters. The Bertz CT molecular complexity index is 585. The molecule has 0 aromatic heterocycles. The summed E-state index contributed by atoms with van der Waals surface area (Å²) < 4.78 is 40.4. The molecule has 1 aromatic carbocycles. The van der Waals surface area contributed by atoms with Crippen LogP contribution in [0.5, 0.6) is 0 Å². The van der Waals surface area contributed by atoms with Crippen molar-refractivity contribution in [2.24, 2.45) is 0 Å². The minimum Gasteiger partial charge on any atom is -0.310 e. The van der Waals surface area contributed by atoms with Crippen LogP contribution in [0.25, 0.3) is 0 Å². The number of hydrogen-bond donors (Lipinski definition) is 1. The molecule has 0 heterocycles. The SMILES string of the molecule is CCCN(CC)S(=O)(=O)c1cc(CNC2CC2)ccc1F. The van der Waals surface area contributed by atoms with Crippen LogP contribution in [-0.4, -0.2) is 31.9 Å². The molecule has 6 heteroatoms. The average molecular weight is 314 g/mol. The van der Waals surface area contributed by atoms with E-state index in [4.69, 9.17) is 0 Å². The molecule has 2 rings (SSSR count). The molecule has 0 amide bonds. The van der Waals surface area contributed by atoms with E-state index in [0.29, 0.717) is 32.1 Å². The van der Waals surface area contributed by atoms with Crippen molar-refractivity contribution < 1.29 is 12.8 Å². The van der Waals surface area contributed by atoms with E-state index in [1.54, 1.807) is 13.0 Å². The Balaban J connectivity index is 2.24. The Morgan fingerprint density at radius 3 is 2.62 bits per heavy atom. The Morgan fingerprint density at radius 2 is 2.05 bits per heavy atom. The Hall–Kier alpha value is -0.980. The van der Waals surface area contributed by atoms with Crippen molar-refractivity contribution in [3.05, 3.63) is 29.6 Å². The summed E-state index contributed by atoms with van der Waals surface area (Å²) in [6.45, 7) is 5.00. The molecule has 0 bridgehead atoms. The maximum atomic E-state index is 14.0. The first-order valence-corrected chi connectivity index (χ1v) is 8.95. The molecule has 1 aliphatic rings. The lowest BCUT2D eigenvalue weighted by Crippen LogP contribution is -2.32. The first kappa shape index (κ1) is 16.4. The summed E-state index contributed by atoms with van der Waals surface area (Å²) in [6.07, 6.45) is 3.02. The number of rotatable bonds is 8. The highest BCUT2D eigenvalue weighted by molar-refractivity contribution is 7.89. The highest BCUT2D eigenvalue weighted by atomic mass is 32.2. The van der Waals surface area contributed by atoms with Gasteiger partial charge in [0.05, 0.1) is 0 Å². The lowest BCUT2D eigenvalue weighted by atomic mass is 10.2. The molecular formula is C15H23FN2O2S. The second-order valence-electron chi connectivity index (χ2n) is 5.42. The maximum absolute atomic E-state index is 14.0. The third-order valence-electron chi connectivity index (χ3n) is 3.61. The topological polar surface area (TPSA) is 49.4 Å². The van der Waals surface area contributed by atoms with Crippen molar-refractivity contribution in [2.45, 2.75) is 50.6 Å². The van der Waals surface area contributed by atoms with Gasteiger partial charge in [0.25, 0.3) is 0 Å². The zero-order valence-electron chi connectivity index (χ0n) is 12.6. The molecule has 1 fully saturated rings. The zero-order chi connectivity index (χ0) is 15.5. The molecule has 1 N–H and O–H groups in total. The fourth-order valence-corrected chi connectivity index (χ4v) is 3.90. The van der Waals surface area contributed by atoms with Gasteiger partial charge in [-0.2, -0.15) is 4.31 Å². The van der Waals surface area contributed by atoms with Crippen molar-refractivity contribution in [1.82, 2.24) is 9.62 Å². The summed E-state index contributed by atoms with van der Waals surface area (Å²) in [5.41, 5.74) is 0.800. The summed E-state index contributed by atoms with van der Waals surface area (Å²) in [4.78, 5) is -0.215. The molecule has 0 atom stereocenters. The average Bonchev–Trinajstić information content (AvgIpc) is 3.27. The number of hydrogen-bond acceptors (Lipinski definition) is 3. The van der Waals surface area contributed by atoms with Gasteiger partial charge in [-0.3, -0.25) is 0 Å². The van der Waals surface area contributed by atoms with Crippen molar-refractivity contribution >= 4 is 10.0 Å². The van der Waals surface area contributed by atoms with Gasteiger partial charge in [0.1, 0.15) is 10.7 Å². The lowest BCUT2D eigenvalue weighted by molar-refractivity contribution is 0.422. The molecule has 4 nitrogen and oxygen atoms in total. The largest absolute Gasteiger partial charge is 0.310 e. The third-order valence-corrected chi connectivity index (χ3v) is 5.60. The van der Waals surface area contributed by atoms with Crippen molar-refractivity contribution in [2.75, 3.05) is 13.1 Å². The Morgan fingerprint density at radius 1 is 1.33 bits per heavy atom. The summed E-state index contributed by atoms with van der Waals surface area (Å²) in [5.74, 6) is -0.681. The molecular weight excluding hydrogens is 291 g/mol. The van der Waals surface area contributed by atoms with Crippen molar-refractivity contribution in [3.8, 4) is 0 Å². The minimum atomic E-state index is -3.76. The Labute approximate surface area is 126 Å². The van der Waals surface area contributed by atoms with Crippen molar-refractivity contribution in [3.63, 3.8) is 0 Å². The quantitative estimate of drug-likeness (QED) is 0.802. The van der Waals surface area contributed by atoms with Crippen molar-refractivity contribution in [1.29, 1.82) is 0 Å². The number of halogens is 1. The van der Waals surface area contributed by atoms with Crippen LogP contribution in [0.1, 0.15) is 38.7 Å². The summed E-state index contributed by atoms with van der Waals surface area (Å²) in [5, 5.41) is 3.31. The van der Waals surface area contributed by atoms with Gasteiger partial charge in [-0.25, -0.2) is 12.8 Å². The fourth-order valence-electron chi connectivity index (χ4n) is 2.24. The van der Waals surface area contributed by atoms with Crippen LogP contribution in [0.3, 0.4) is 0 Å². The second kappa shape index (κ2) is 6.85. The van der Waals surface area contributed by atoms with Gasteiger partial charge in [0.15, 0.2) is 0 Å². The standard InChI is InChI=1S/C15H23FN2O2S/c1-3-9-18(4-2)21(19,20)15-10-12(5-8-14(15)16)11-17-13-6-7-13/h5,8,10,13,17H,3-4,6-7,9,11H2,1-2H3. The van der Waals surface area contributed by atoms with Crippen LogP contribution in [0.2, 0.25) is 0 Å². The van der Waals surface area contributed by atoms with E-state index in [1.807, 2.05) is 6.92 Å². The fraction of sp³-hybridized carbons (Fsp3) is 0.600. The smallest absolute Gasteiger partial charge is 0.245 e. The molecule has 1 aliphatic carbocycles. The maximum Gasteiger partial charge on any atom is 0.245 e. The van der Waals surface area contributed by atoms with Gasteiger partial charge in [-0.05, 0) is 37.0 Å². The van der Waals surface area contributed by atoms with Gasteiger partial charge in [0.2, 0.25) is 10.0 Å².